The SMILES string of the molecule is C=CC(=O)OC(CC)CCC(C)(CC)OP(=O)(O)OC(C)(C)CC[C@@](C)(CC)OC(=O)C=C. The highest BCUT2D eigenvalue weighted by molar-refractivity contribution is 7.47. The van der Waals surface area contributed by atoms with Crippen molar-refractivity contribution in [2.45, 2.75) is 116 Å². The molecule has 3 unspecified atom stereocenters. The van der Waals surface area contributed by atoms with Gasteiger partial charge in [0.2, 0.25) is 0 Å². The monoisotopic (exact) mass is 490 g/mol. The summed E-state index contributed by atoms with van der Waals surface area (Å²) in [5.74, 6) is -1.02. The van der Waals surface area contributed by atoms with Crippen LogP contribution in [0.25, 0.3) is 0 Å². The van der Waals surface area contributed by atoms with Gasteiger partial charge in [-0.2, -0.15) is 0 Å². The number of hydrogen-bond donors (Lipinski definition) is 1. The van der Waals surface area contributed by atoms with Crippen LogP contribution >= 0.6 is 7.82 Å². The topological polar surface area (TPSA) is 108 Å². The van der Waals surface area contributed by atoms with Crippen LogP contribution in [-0.2, 0) is 32.7 Å². The Hall–Kier alpha value is -1.47. The quantitative estimate of drug-likeness (QED) is 0.149. The van der Waals surface area contributed by atoms with Crippen LogP contribution in [-0.4, -0.2) is 39.7 Å². The van der Waals surface area contributed by atoms with E-state index in [0.717, 1.165) is 12.2 Å². The molecule has 0 rings (SSSR count). The Morgan fingerprint density at radius 2 is 1.45 bits per heavy atom. The highest BCUT2D eigenvalue weighted by Crippen LogP contribution is 2.53. The summed E-state index contributed by atoms with van der Waals surface area (Å²) in [6.45, 7) is 19.4. The molecule has 0 heterocycles. The normalized spacial score (nSPS) is 18.2. The number of ether oxygens (including phenoxy) is 2. The van der Waals surface area contributed by atoms with Crippen molar-refractivity contribution in [3.8, 4) is 0 Å². The summed E-state index contributed by atoms with van der Waals surface area (Å²) >= 11 is 0. The van der Waals surface area contributed by atoms with Gasteiger partial charge in [-0.1, -0.05) is 33.9 Å². The highest BCUT2D eigenvalue weighted by atomic mass is 31.2. The number of carbonyl (C=O) groups excluding carboxylic acids is 2. The Balaban J connectivity index is 5.13. The average Bonchev–Trinajstić information content (AvgIpc) is 2.73. The third-order valence-electron chi connectivity index (χ3n) is 5.86. The third kappa shape index (κ3) is 12.5. The first-order valence-electron chi connectivity index (χ1n) is 11.5. The molecule has 8 nitrogen and oxygen atoms in total. The predicted octanol–water partition coefficient (Wildman–Crippen LogP) is 6.03. The Bertz CT molecular complexity index is 719. The van der Waals surface area contributed by atoms with Gasteiger partial charge in [-0.15, -0.1) is 0 Å². The van der Waals surface area contributed by atoms with Crippen molar-refractivity contribution in [2.75, 3.05) is 0 Å². The van der Waals surface area contributed by atoms with Crippen LogP contribution in [0.5, 0.6) is 0 Å². The van der Waals surface area contributed by atoms with Crippen molar-refractivity contribution >= 4 is 19.8 Å². The molecule has 1 N–H and O–H groups in total. The van der Waals surface area contributed by atoms with Crippen LogP contribution in [0.15, 0.2) is 25.3 Å². The number of phosphoric acid groups is 1. The Kier molecular flexibility index (Phi) is 12.8. The van der Waals surface area contributed by atoms with Crippen molar-refractivity contribution < 1.29 is 37.6 Å². The Morgan fingerprint density at radius 3 is 1.91 bits per heavy atom. The first-order valence-corrected chi connectivity index (χ1v) is 13.0. The van der Waals surface area contributed by atoms with Gasteiger partial charge < -0.3 is 14.4 Å². The minimum absolute atomic E-state index is 0.342. The van der Waals surface area contributed by atoms with E-state index in [1.54, 1.807) is 27.7 Å². The maximum atomic E-state index is 12.9. The second-order valence-electron chi connectivity index (χ2n) is 9.35. The summed E-state index contributed by atoms with van der Waals surface area (Å²) in [5, 5.41) is 0. The van der Waals surface area contributed by atoms with Crippen LogP contribution in [0, 0.1) is 0 Å². The van der Waals surface area contributed by atoms with Gasteiger partial charge >= 0.3 is 19.8 Å². The zero-order chi connectivity index (χ0) is 25.9. The predicted molar refractivity (Wildman–Crippen MR) is 129 cm³/mol. The number of rotatable bonds is 17. The molecule has 0 aromatic carbocycles. The number of esters is 2. The van der Waals surface area contributed by atoms with Gasteiger partial charge in [0, 0.05) is 12.2 Å². The molecule has 4 atom stereocenters. The molecule has 0 amide bonds. The van der Waals surface area contributed by atoms with Crippen molar-refractivity contribution in [2.24, 2.45) is 0 Å². The lowest BCUT2D eigenvalue weighted by atomic mass is 9.91. The fourth-order valence-electron chi connectivity index (χ4n) is 3.12. The van der Waals surface area contributed by atoms with Gasteiger partial charge in [0.05, 0.1) is 11.2 Å². The third-order valence-corrected chi connectivity index (χ3v) is 7.26. The second kappa shape index (κ2) is 13.4. The lowest BCUT2D eigenvalue weighted by Crippen LogP contribution is -2.35. The van der Waals surface area contributed by atoms with Crippen molar-refractivity contribution in [3.63, 3.8) is 0 Å². The van der Waals surface area contributed by atoms with E-state index in [0.29, 0.717) is 44.9 Å². The molecule has 0 aromatic heterocycles. The minimum Gasteiger partial charge on any atom is -0.459 e. The molecule has 0 spiro atoms. The van der Waals surface area contributed by atoms with Gasteiger partial charge in [-0.05, 0) is 72.6 Å². The number of carbonyl (C=O) groups is 2. The molecular formula is C24H43O8P. The summed E-state index contributed by atoms with van der Waals surface area (Å²) in [6, 6.07) is 0. The zero-order valence-corrected chi connectivity index (χ0v) is 22.2. The Labute approximate surface area is 199 Å². The van der Waals surface area contributed by atoms with E-state index in [1.807, 2.05) is 20.8 Å². The van der Waals surface area contributed by atoms with Gasteiger partial charge in [-0.25, -0.2) is 14.2 Å². The summed E-state index contributed by atoms with van der Waals surface area (Å²) in [6.07, 6.45) is 5.15. The first kappa shape index (κ1) is 31.5. The molecule has 0 radical (unpaired) electrons. The van der Waals surface area contributed by atoms with E-state index in [2.05, 4.69) is 13.2 Å². The minimum atomic E-state index is -4.43. The summed E-state index contributed by atoms with van der Waals surface area (Å²) in [7, 11) is -4.43. The van der Waals surface area contributed by atoms with E-state index in [4.69, 9.17) is 18.5 Å². The van der Waals surface area contributed by atoms with Crippen LogP contribution in [0.3, 0.4) is 0 Å². The van der Waals surface area contributed by atoms with Gasteiger partial charge in [0.15, 0.2) is 0 Å². The molecule has 0 aliphatic rings. The molecule has 0 aliphatic heterocycles. The molecular weight excluding hydrogens is 447 g/mol. The van der Waals surface area contributed by atoms with Crippen molar-refractivity contribution in [3.05, 3.63) is 25.3 Å². The lowest BCUT2D eigenvalue weighted by molar-refractivity contribution is -0.154. The fraction of sp³-hybridized carbons (Fsp3) is 0.750. The maximum Gasteiger partial charge on any atom is 0.473 e. The molecule has 0 bridgehead atoms. The van der Waals surface area contributed by atoms with E-state index < -0.39 is 36.6 Å². The molecule has 0 saturated heterocycles. The zero-order valence-electron chi connectivity index (χ0n) is 21.3. The molecule has 33 heavy (non-hydrogen) atoms. The molecule has 192 valence electrons. The van der Waals surface area contributed by atoms with Crippen LogP contribution in [0.2, 0.25) is 0 Å². The average molecular weight is 491 g/mol. The van der Waals surface area contributed by atoms with Gasteiger partial charge in [0.25, 0.3) is 0 Å². The van der Waals surface area contributed by atoms with E-state index in [1.165, 1.54) is 0 Å². The summed E-state index contributed by atoms with van der Waals surface area (Å²) in [4.78, 5) is 33.6. The van der Waals surface area contributed by atoms with E-state index >= 15 is 0 Å². The molecule has 0 fully saturated rings. The standard InChI is InChI=1S/C24H43O8P/c1-10-19(29-20(25)11-2)15-16-24(9,14-5)32-33(27,28)31-22(6,7)17-18-23(8,13-4)30-21(26)12-3/h11-12,19H,2-3,10,13-18H2,1,4-9H3,(H,27,28)/t19?,23-,24?/m1/s1. The van der Waals surface area contributed by atoms with Gasteiger partial charge in [0.1, 0.15) is 11.7 Å². The first-order chi connectivity index (χ1) is 15.1. The number of hydrogen-bond acceptors (Lipinski definition) is 7. The Morgan fingerprint density at radius 1 is 0.909 bits per heavy atom. The molecule has 0 aromatic rings. The summed E-state index contributed by atoms with van der Waals surface area (Å²) in [5.41, 5.74) is -2.71. The largest absolute Gasteiger partial charge is 0.473 e. The van der Waals surface area contributed by atoms with E-state index in [9.17, 15) is 19.0 Å². The molecule has 9 heteroatoms. The maximum absolute atomic E-state index is 12.9. The highest BCUT2D eigenvalue weighted by Gasteiger charge is 2.40. The van der Waals surface area contributed by atoms with Crippen LogP contribution in [0.1, 0.15) is 93.4 Å². The van der Waals surface area contributed by atoms with Crippen LogP contribution < -0.4 is 0 Å². The second-order valence-corrected chi connectivity index (χ2v) is 10.7. The van der Waals surface area contributed by atoms with Crippen molar-refractivity contribution in [1.82, 2.24) is 0 Å². The van der Waals surface area contributed by atoms with E-state index in [-0.39, 0.29) is 6.10 Å². The lowest BCUT2D eigenvalue weighted by Gasteiger charge is -2.36. The smallest absolute Gasteiger partial charge is 0.459 e. The molecule has 0 aliphatic carbocycles. The van der Waals surface area contributed by atoms with Crippen LogP contribution in [0.4, 0.5) is 0 Å². The van der Waals surface area contributed by atoms with Crippen molar-refractivity contribution in [1.29, 1.82) is 0 Å². The summed E-state index contributed by atoms with van der Waals surface area (Å²) < 4.78 is 34.8. The number of phosphoric ester groups is 1. The fourth-order valence-corrected chi connectivity index (χ4v) is 4.65. The van der Waals surface area contributed by atoms with Gasteiger partial charge in [-0.3, -0.25) is 9.05 Å². The molecule has 0 saturated carbocycles.